The van der Waals surface area contributed by atoms with Crippen molar-refractivity contribution in [1.29, 1.82) is 0 Å². The van der Waals surface area contributed by atoms with Gasteiger partial charge in [0.15, 0.2) is 11.6 Å². The number of carbonyl (C=O) groups excluding carboxylic acids is 1. The molecule has 0 saturated heterocycles. The van der Waals surface area contributed by atoms with E-state index in [4.69, 9.17) is 0 Å². The summed E-state index contributed by atoms with van der Waals surface area (Å²) < 4.78 is 15.9. The topological polar surface area (TPSA) is 90.5 Å². The lowest BCUT2D eigenvalue weighted by Crippen LogP contribution is -2.25. The molecule has 0 saturated carbocycles. The molecule has 27 heavy (non-hydrogen) atoms. The Balaban J connectivity index is 1.65. The minimum absolute atomic E-state index is 0.0251. The van der Waals surface area contributed by atoms with Gasteiger partial charge in [-0.2, -0.15) is 9.90 Å². The Labute approximate surface area is 163 Å². The molecule has 0 atom stereocenters. The van der Waals surface area contributed by atoms with Crippen molar-refractivity contribution in [2.75, 3.05) is 5.32 Å². The Morgan fingerprint density at radius 2 is 2.00 bits per heavy atom. The van der Waals surface area contributed by atoms with Crippen molar-refractivity contribution >= 4 is 27.7 Å². The van der Waals surface area contributed by atoms with E-state index in [9.17, 15) is 9.18 Å². The number of hydrogen-bond donors (Lipinski definition) is 1. The SMILES string of the molecule is CC(C)(C)n1nnc(CC(=O)Nc2nn(Cc3ccccc3F)cc2Br)n1. The summed E-state index contributed by atoms with van der Waals surface area (Å²) in [6, 6.07) is 6.48. The second kappa shape index (κ2) is 7.55. The first-order valence-corrected chi connectivity index (χ1v) is 9.07. The van der Waals surface area contributed by atoms with Crippen LogP contribution in [0.4, 0.5) is 10.2 Å². The highest BCUT2D eigenvalue weighted by atomic mass is 79.9. The van der Waals surface area contributed by atoms with Crippen LogP contribution in [0.25, 0.3) is 0 Å². The van der Waals surface area contributed by atoms with Crippen molar-refractivity contribution in [3.8, 4) is 0 Å². The van der Waals surface area contributed by atoms with E-state index in [1.165, 1.54) is 10.9 Å². The highest BCUT2D eigenvalue weighted by molar-refractivity contribution is 9.10. The molecule has 0 fully saturated rings. The average Bonchev–Trinajstić information content (AvgIpc) is 3.17. The lowest BCUT2D eigenvalue weighted by atomic mass is 10.1. The molecular formula is C17H19BrFN7O. The second-order valence-corrected chi connectivity index (χ2v) is 7.86. The minimum Gasteiger partial charge on any atom is -0.308 e. The number of tetrazole rings is 1. The van der Waals surface area contributed by atoms with Crippen molar-refractivity contribution in [1.82, 2.24) is 30.0 Å². The number of hydrogen-bond acceptors (Lipinski definition) is 5. The summed E-state index contributed by atoms with van der Waals surface area (Å²) in [5.74, 6) is 0.0481. The van der Waals surface area contributed by atoms with Crippen LogP contribution >= 0.6 is 15.9 Å². The molecule has 8 nitrogen and oxygen atoms in total. The molecule has 0 spiro atoms. The van der Waals surface area contributed by atoms with Crippen LogP contribution in [-0.4, -0.2) is 35.9 Å². The van der Waals surface area contributed by atoms with E-state index in [2.05, 4.69) is 41.8 Å². The van der Waals surface area contributed by atoms with Crippen molar-refractivity contribution in [2.24, 2.45) is 0 Å². The molecule has 10 heteroatoms. The van der Waals surface area contributed by atoms with Gasteiger partial charge in [0.1, 0.15) is 5.82 Å². The van der Waals surface area contributed by atoms with Gasteiger partial charge in [-0.05, 0) is 48.0 Å². The Morgan fingerprint density at radius 1 is 1.26 bits per heavy atom. The van der Waals surface area contributed by atoms with E-state index in [0.29, 0.717) is 21.7 Å². The molecule has 0 aliphatic rings. The minimum atomic E-state index is -0.319. The molecule has 2 heterocycles. The van der Waals surface area contributed by atoms with Crippen molar-refractivity contribution in [3.05, 3.63) is 52.1 Å². The third-order valence-corrected chi connectivity index (χ3v) is 4.22. The summed E-state index contributed by atoms with van der Waals surface area (Å²) in [5, 5.41) is 19.0. The van der Waals surface area contributed by atoms with Crippen LogP contribution in [0.5, 0.6) is 0 Å². The van der Waals surface area contributed by atoms with Crippen LogP contribution in [0.2, 0.25) is 0 Å². The number of halogens is 2. The number of benzene rings is 1. The van der Waals surface area contributed by atoms with Crippen LogP contribution in [0.15, 0.2) is 34.9 Å². The van der Waals surface area contributed by atoms with E-state index in [1.54, 1.807) is 29.1 Å². The molecule has 2 aromatic heterocycles. The maximum atomic E-state index is 13.8. The first-order valence-electron chi connectivity index (χ1n) is 8.28. The van der Waals surface area contributed by atoms with Crippen LogP contribution in [0.3, 0.4) is 0 Å². The number of rotatable bonds is 5. The van der Waals surface area contributed by atoms with Crippen molar-refractivity contribution in [2.45, 2.75) is 39.3 Å². The summed E-state index contributed by atoms with van der Waals surface area (Å²) in [5.41, 5.74) is 0.198. The summed E-state index contributed by atoms with van der Waals surface area (Å²) in [6.07, 6.45) is 1.65. The van der Waals surface area contributed by atoms with Gasteiger partial charge in [-0.1, -0.05) is 18.2 Å². The highest BCUT2D eigenvalue weighted by Gasteiger charge is 2.19. The molecule has 1 aromatic carbocycles. The number of anilines is 1. The number of nitrogens with zero attached hydrogens (tertiary/aromatic N) is 6. The Morgan fingerprint density at radius 3 is 2.67 bits per heavy atom. The van der Waals surface area contributed by atoms with Gasteiger partial charge in [0.2, 0.25) is 5.91 Å². The zero-order valence-corrected chi connectivity index (χ0v) is 16.7. The fourth-order valence-electron chi connectivity index (χ4n) is 2.28. The van der Waals surface area contributed by atoms with Crippen LogP contribution < -0.4 is 5.32 Å². The predicted octanol–water partition coefficient (Wildman–Crippen LogP) is 2.76. The molecule has 1 N–H and O–H groups in total. The molecule has 0 aliphatic carbocycles. The third kappa shape index (κ3) is 4.76. The van der Waals surface area contributed by atoms with Crippen LogP contribution in [0, 0.1) is 5.82 Å². The fraction of sp³-hybridized carbons (Fsp3) is 0.353. The monoisotopic (exact) mass is 435 g/mol. The summed E-state index contributed by atoms with van der Waals surface area (Å²) in [7, 11) is 0. The number of aromatic nitrogens is 6. The molecule has 0 bridgehead atoms. The summed E-state index contributed by atoms with van der Waals surface area (Å²) in [6.45, 7) is 6.08. The zero-order chi connectivity index (χ0) is 19.6. The first kappa shape index (κ1) is 19.2. The van der Waals surface area contributed by atoms with Gasteiger partial charge in [-0.15, -0.1) is 10.2 Å². The largest absolute Gasteiger partial charge is 0.308 e. The van der Waals surface area contributed by atoms with E-state index in [-0.39, 0.29) is 30.2 Å². The fourth-order valence-corrected chi connectivity index (χ4v) is 2.70. The van der Waals surface area contributed by atoms with Gasteiger partial charge in [0.05, 0.1) is 23.0 Å². The molecule has 0 radical (unpaired) electrons. The van der Waals surface area contributed by atoms with Gasteiger partial charge >= 0.3 is 0 Å². The molecule has 0 aliphatic heterocycles. The standard InChI is InChI=1S/C17H19BrFN7O/c1-17(2,3)26-22-14(21-24-26)8-15(27)20-16-12(18)10-25(23-16)9-11-6-4-5-7-13(11)19/h4-7,10H,8-9H2,1-3H3,(H,20,23,27). The summed E-state index contributed by atoms with van der Waals surface area (Å²) >= 11 is 3.35. The van der Waals surface area contributed by atoms with Gasteiger partial charge < -0.3 is 5.32 Å². The zero-order valence-electron chi connectivity index (χ0n) is 15.1. The molecular weight excluding hydrogens is 417 g/mol. The van der Waals surface area contributed by atoms with Gasteiger partial charge in [-0.3, -0.25) is 9.48 Å². The van der Waals surface area contributed by atoms with Crippen LogP contribution in [0.1, 0.15) is 32.2 Å². The maximum absolute atomic E-state index is 13.8. The van der Waals surface area contributed by atoms with E-state index in [1.807, 2.05) is 20.8 Å². The third-order valence-electron chi connectivity index (χ3n) is 3.64. The number of carbonyl (C=O) groups is 1. The molecule has 142 valence electrons. The predicted molar refractivity (Wildman–Crippen MR) is 101 cm³/mol. The van der Waals surface area contributed by atoms with E-state index < -0.39 is 0 Å². The summed E-state index contributed by atoms with van der Waals surface area (Å²) in [4.78, 5) is 13.7. The molecule has 0 unspecified atom stereocenters. The van der Waals surface area contributed by atoms with Crippen molar-refractivity contribution in [3.63, 3.8) is 0 Å². The Kier molecular flexibility index (Phi) is 5.36. The second-order valence-electron chi connectivity index (χ2n) is 7.01. The Bertz CT molecular complexity index is 960. The molecule has 3 aromatic rings. The smallest absolute Gasteiger partial charge is 0.233 e. The normalized spacial score (nSPS) is 11.6. The lowest BCUT2D eigenvalue weighted by Gasteiger charge is -2.15. The van der Waals surface area contributed by atoms with E-state index >= 15 is 0 Å². The van der Waals surface area contributed by atoms with Crippen LogP contribution in [-0.2, 0) is 23.3 Å². The highest BCUT2D eigenvalue weighted by Crippen LogP contribution is 2.21. The van der Waals surface area contributed by atoms with Gasteiger partial charge in [0.25, 0.3) is 0 Å². The molecule has 3 rings (SSSR count). The van der Waals surface area contributed by atoms with E-state index in [0.717, 1.165) is 0 Å². The quantitative estimate of drug-likeness (QED) is 0.665. The van der Waals surface area contributed by atoms with Gasteiger partial charge in [0, 0.05) is 11.8 Å². The number of amides is 1. The number of nitrogens with one attached hydrogen (secondary N) is 1. The lowest BCUT2D eigenvalue weighted by molar-refractivity contribution is -0.115. The molecule has 1 amide bonds. The van der Waals surface area contributed by atoms with Gasteiger partial charge in [-0.25, -0.2) is 4.39 Å². The Hall–Kier alpha value is -2.62. The maximum Gasteiger partial charge on any atom is 0.233 e. The average molecular weight is 436 g/mol. The first-order chi connectivity index (χ1) is 12.7. The van der Waals surface area contributed by atoms with Crippen molar-refractivity contribution < 1.29 is 9.18 Å².